The maximum Gasteiger partial charge on any atom is 0.166 e. The normalized spacial score (nSPS) is 17.8. The van der Waals surface area contributed by atoms with E-state index in [0.717, 1.165) is 27.9 Å². The molecule has 2 aromatic carbocycles. The molecule has 150 valence electrons. The van der Waals surface area contributed by atoms with E-state index in [0.29, 0.717) is 22.9 Å². The molecule has 0 fully saturated rings. The summed E-state index contributed by atoms with van der Waals surface area (Å²) < 4.78 is 17.7. The maximum atomic E-state index is 9.66. The quantitative estimate of drug-likeness (QED) is 0.642. The second-order valence-corrected chi connectivity index (χ2v) is 7.20. The van der Waals surface area contributed by atoms with E-state index in [2.05, 4.69) is 4.98 Å². The number of fused-ring (bicyclic) bond motifs is 3. The summed E-state index contributed by atoms with van der Waals surface area (Å²) in [6.45, 7) is -0.0141. The molecule has 2 heterocycles. The molecule has 1 aromatic heterocycles. The summed E-state index contributed by atoms with van der Waals surface area (Å²) in [6, 6.07) is 15.4. The van der Waals surface area contributed by atoms with Crippen LogP contribution in [0, 0.1) is 0 Å². The number of para-hydroxylation sites is 1. The Bertz CT molecular complexity index is 1020. The smallest absolute Gasteiger partial charge is 0.166 e. The van der Waals surface area contributed by atoms with Crippen LogP contribution in [0.25, 0.3) is 11.1 Å². The number of aromatic nitrogens is 1. The molecule has 2 atom stereocenters. The lowest BCUT2D eigenvalue weighted by Gasteiger charge is -2.25. The number of benzene rings is 2. The molecule has 0 saturated carbocycles. The molecular weight excluding hydrogens is 390 g/mol. The van der Waals surface area contributed by atoms with Crippen LogP contribution in [0.1, 0.15) is 35.4 Å². The van der Waals surface area contributed by atoms with Crippen LogP contribution in [0.3, 0.4) is 0 Å². The van der Waals surface area contributed by atoms with Gasteiger partial charge in [0.15, 0.2) is 11.5 Å². The minimum atomic E-state index is -0.473. The SMILES string of the molecule is COc1cccc([C@H]2O[C@H](CCO)c3ncccc3-c3ccc(Cl)cc32)c1OC. The van der Waals surface area contributed by atoms with Gasteiger partial charge >= 0.3 is 0 Å². The third-order valence-corrected chi connectivity index (χ3v) is 5.37. The van der Waals surface area contributed by atoms with Crippen LogP contribution < -0.4 is 9.47 Å². The molecule has 3 aromatic rings. The topological polar surface area (TPSA) is 60.8 Å². The number of aliphatic hydroxyl groups is 1. The molecule has 1 aliphatic rings. The lowest BCUT2D eigenvalue weighted by Crippen LogP contribution is -2.13. The highest BCUT2D eigenvalue weighted by Crippen LogP contribution is 2.48. The average Bonchev–Trinajstić information content (AvgIpc) is 2.88. The Labute approximate surface area is 174 Å². The van der Waals surface area contributed by atoms with Crippen LogP contribution in [0.2, 0.25) is 5.02 Å². The summed E-state index contributed by atoms with van der Waals surface area (Å²) in [6.07, 6.45) is 1.31. The van der Waals surface area contributed by atoms with Gasteiger partial charge in [-0.25, -0.2) is 0 Å². The van der Waals surface area contributed by atoms with Crippen molar-refractivity contribution in [2.45, 2.75) is 18.6 Å². The van der Waals surface area contributed by atoms with Gasteiger partial charge in [-0.15, -0.1) is 0 Å². The van der Waals surface area contributed by atoms with Crippen molar-refractivity contribution in [3.63, 3.8) is 0 Å². The number of methoxy groups -OCH3 is 2. The first-order valence-electron chi connectivity index (χ1n) is 9.39. The van der Waals surface area contributed by atoms with Crippen LogP contribution in [0.5, 0.6) is 11.5 Å². The number of aliphatic hydroxyl groups excluding tert-OH is 1. The van der Waals surface area contributed by atoms with Crippen molar-refractivity contribution in [1.82, 2.24) is 4.98 Å². The van der Waals surface area contributed by atoms with E-state index in [1.165, 1.54) is 0 Å². The third kappa shape index (κ3) is 3.57. The Morgan fingerprint density at radius 1 is 1.03 bits per heavy atom. The highest BCUT2D eigenvalue weighted by Gasteiger charge is 2.33. The van der Waals surface area contributed by atoms with E-state index in [9.17, 15) is 5.11 Å². The van der Waals surface area contributed by atoms with Gasteiger partial charge in [-0.1, -0.05) is 35.9 Å². The summed E-state index contributed by atoms with van der Waals surface area (Å²) in [5, 5.41) is 10.3. The van der Waals surface area contributed by atoms with Crippen molar-refractivity contribution >= 4 is 11.6 Å². The summed E-state index contributed by atoms with van der Waals surface area (Å²) in [5.74, 6) is 1.23. The maximum absolute atomic E-state index is 9.66. The Hall–Kier alpha value is -2.60. The molecule has 0 bridgehead atoms. The number of nitrogens with zero attached hydrogens (tertiary/aromatic N) is 1. The second kappa shape index (κ2) is 8.41. The van der Waals surface area contributed by atoms with Crippen molar-refractivity contribution < 1.29 is 19.3 Å². The fourth-order valence-corrected chi connectivity index (χ4v) is 4.06. The summed E-state index contributed by atoms with van der Waals surface area (Å²) in [7, 11) is 3.22. The molecule has 4 rings (SSSR count). The van der Waals surface area contributed by atoms with Crippen molar-refractivity contribution in [1.29, 1.82) is 0 Å². The van der Waals surface area contributed by atoms with Crippen molar-refractivity contribution in [2.24, 2.45) is 0 Å². The van der Waals surface area contributed by atoms with Gasteiger partial charge in [0.05, 0.1) is 19.9 Å². The molecule has 29 heavy (non-hydrogen) atoms. The second-order valence-electron chi connectivity index (χ2n) is 6.77. The number of halogens is 1. The van der Waals surface area contributed by atoms with E-state index < -0.39 is 6.10 Å². The zero-order valence-electron chi connectivity index (χ0n) is 16.3. The summed E-state index contributed by atoms with van der Waals surface area (Å²) >= 11 is 6.37. The molecule has 0 aliphatic carbocycles. The standard InChI is InChI=1S/C23H22ClNO4/c1-27-20-7-3-5-17(23(20)28-2)22-18-13-14(24)8-9-15(18)16-6-4-11-25-21(16)19(29-22)10-12-26/h3-9,11,13,19,22,26H,10,12H2,1-2H3/t19-,22-/m1/s1. The van der Waals surface area contributed by atoms with Crippen LogP contribution in [0.15, 0.2) is 54.7 Å². The Kier molecular flexibility index (Phi) is 5.72. The highest BCUT2D eigenvalue weighted by atomic mass is 35.5. The van der Waals surface area contributed by atoms with Crippen molar-refractivity contribution in [3.8, 4) is 22.6 Å². The van der Waals surface area contributed by atoms with Gasteiger partial charge in [0.2, 0.25) is 0 Å². The highest BCUT2D eigenvalue weighted by molar-refractivity contribution is 6.30. The zero-order chi connectivity index (χ0) is 20.4. The number of rotatable bonds is 5. The number of hydrogen-bond donors (Lipinski definition) is 1. The predicted molar refractivity (Wildman–Crippen MR) is 112 cm³/mol. The van der Waals surface area contributed by atoms with E-state index in [4.69, 9.17) is 25.8 Å². The fourth-order valence-electron chi connectivity index (χ4n) is 3.88. The van der Waals surface area contributed by atoms with Gasteiger partial charge in [-0.05, 0) is 35.4 Å². The van der Waals surface area contributed by atoms with Crippen molar-refractivity contribution in [2.75, 3.05) is 20.8 Å². The van der Waals surface area contributed by atoms with E-state index in [-0.39, 0.29) is 12.7 Å². The largest absolute Gasteiger partial charge is 0.493 e. The Balaban J connectivity index is 1.98. The molecule has 0 spiro atoms. The lowest BCUT2D eigenvalue weighted by molar-refractivity contribution is -0.00759. The van der Waals surface area contributed by atoms with Gasteiger partial charge in [-0.2, -0.15) is 0 Å². The molecule has 0 radical (unpaired) electrons. The van der Waals surface area contributed by atoms with Gasteiger partial charge < -0.3 is 19.3 Å². The van der Waals surface area contributed by atoms with Gasteiger partial charge in [0.1, 0.15) is 12.2 Å². The Morgan fingerprint density at radius 3 is 2.66 bits per heavy atom. The number of ether oxygens (including phenoxy) is 3. The molecule has 0 amide bonds. The molecular formula is C23H22ClNO4. The van der Waals surface area contributed by atoms with Crippen LogP contribution in [-0.2, 0) is 4.74 Å². The first kappa shape index (κ1) is 19.7. The molecule has 1 aliphatic heterocycles. The van der Waals surface area contributed by atoms with Gasteiger partial charge in [0, 0.05) is 35.4 Å². The predicted octanol–water partition coefficient (Wildman–Crippen LogP) is 4.96. The average molecular weight is 412 g/mol. The number of pyridine rings is 1. The first-order chi connectivity index (χ1) is 14.2. The lowest BCUT2D eigenvalue weighted by atomic mass is 9.92. The molecule has 5 nitrogen and oxygen atoms in total. The molecule has 0 saturated heterocycles. The minimum absolute atomic E-state index is 0.0141. The number of hydrogen-bond acceptors (Lipinski definition) is 5. The minimum Gasteiger partial charge on any atom is -0.493 e. The first-order valence-corrected chi connectivity index (χ1v) is 9.77. The van der Waals surface area contributed by atoms with E-state index >= 15 is 0 Å². The molecule has 1 N–H and O–H groups in total. The van der Waals surface area contributed by atoms with Crippen LogP contribution in [-0.4, -0.2) is 30.9 Å². The van der Waals surface area contributed by atoms with Crippen LogP contribution in [0.4, 0.5) is 0 Å². The monoisotopic (exact) mass is 411 g/mol. The third-order valence-electron chi connectivity index (χ3n) is 5.14. The van der Waals surface area contributed by atoms with E-state index in [1.54, 1.807) is 20.4 Å². The summed E-state index contributed by atoms with van der Waals surface area (Å²) in [5.41, 5.74) is 4.51. The van der Waals surface area contributed by atoms with Crippen LogP contribution >= 0.6 is 11.6 Å². The van der Waals surface area contributed by atoms with Gasteiger partial charge in [-0.3, -0.25) is 4.98 Å². The zero-order valence-corrected chi connectivity index (χ0v) is 17.0. The Morgan fingerprint density at radius 2 is 1.90 bits per heavy atom. The van der Waals surface area contributed by atoms with Gasteiger partial charge in [0.25, 0.3) is 0 Å². The molecule has 6 heteroatoms. The molecule has 0 unspecified atom stereocenters. The fraction of sp³-hybridized carbons (Fsp3) is 0.261. The van der Waals surface area contributed by atoms with E-state index in [1.807, 2.05) is 48.5 Å². The summed E-state index contributed by atoms with van der Waals surface area (Å²) in [4.78, 5) is 4.58. The van der Waals surface area contributed by atoms with Crippen molar-refractivity contribution in [3.05, 3.63) is 76.6 Å².